The molecule has 0 aliphatic carbocycles. The standard InChI is InChI=1S/C23H26N4O3/c1-2-30-15-16-8-6-11-18(14-16)21(28)25-13-7-12-19-20(17-9-4-3-5-10-17)26-23(24)27-22(19)29/h3-6,8-11,14H,2,7,12-13,15H2,1H3,(H,25,28)(H3,24,26,27,29). The highest BCUT2D eigenvalue weighted by atomic mass is 16.5. The summed E-state index contributed by atoms with van der Waals surface area (Å²) in [7, 11) is 0. The maximum Gasteiger partial charge on any atom is 0.256 e. The Morgan fingerprint density at radius 2 is 1.97 bits per heavy atom. The number of nitrogens with zero attached hydrogens (tertiary/aromatic N) is 1. The number of carbonyl (C=O) groups excluding carboxylic acids is 1. The van der Waals surface area contributed by atoms with Crippen molar-refractivity contribution in [2.75, 3.05) is 18.9 Å². The summed E-state index contributed by atoms with van der Waals surface area (Å²) in [5.41, 5.74) is 8.99. The number of hydrogen-bond acceptors (Lipinski definition) is 5. The molecule has 0 bridgehead atoms. The van der Waals surface area contributed by atoms with Gasteiger partial charge in [-0.1, -0.05) is 42.5 Å². The number of H-pyrrole nitrogens is 1. The number of aromatic amines is 1. The van der Waals surface area contributed by atoms with E-state index in [1.165, 1.54) is 0 Å². The Labute approximate surface area is 175 Å². The fraction of sp³-hybridized carbons (Fsp3) is 0.261. The lowest BCUT2D eigenvalue weighted by atomic mass is 10.0. The zero-order valence-electron chi connectivity index (χ0n) is 17.0. The van der Waals surface area contributed by atoms with Crippen LogP contribution in [-0.2, 0) is 17.8 Å². The molecule has 1 heterocycles. The topological polar surface area (TPSA) is 110 Å². The van der Waals surface area contributed by atoms with Crippen molar-refractivity contribution in [3.8, 4) is 11.3 Å². The third kappa shape index (κ3) is 5.55. The fourth-order valence-corrected chi connectivity index (χ4v) is 3.17. The number of aromatic nitrogens is 2. The molecule has 2 aromatic carbocycles. The molecule has 3 aromatic rings. The molecular weight excluding hydrogens is 380 g/mol. The summed E-state index contributed by atoms with van der Waals surface area (Å²) in [5, 5.41) is 2.91. The summed E-state index contributed by atoms with van der Waals surface area (Å²) in [6, 6.07) is 16.8. The van der Waals surface area contributed by atoms with E-state index in [2.05, 4.69) is 15.3 Å². The second-order valence-corrected chi connectivity index (χ2v) is 6.84. The smallest absolute Gasteiger partial charge is 0.256 e. The first-order chi connectivity index (χ1) is 14.6. The summed E-state index contributed by atoms with van der Waals surface area (Å²) in [6.45, 7) is 3.47. The lowest BCUT2D eigenvalue weighted by molar-refractivity contribution is 0.0952. The van der Waals surface area contributed by atoms with Crippen molar-refractivity contribution in [2.45, 2.75) is 26.4 Å². The molecule has 0 saturated heterocycles. The molecule has 0 unspecified atom stereocenters. The zero-order valence-corrected chi connectivity index (χ0v) is 17.0. The minimum atomic E-state index is -0.253. The summed E-state index contributed by atoms with van der Waals surface area (Å²) in [5.74, 6) is -0.0659. The van der Waals surface area contributed by atoms with Gasteiger partial charge < -0.3 is 15.8 Å². The molecule has 4 N–H and O–H groups in total. The van der Waals surface area contributed by atoms with E-state index in [1.807, 2.05) is 55.5 Å². The van der Waals surface area contributed by atoms with Gasteiger partial charge in [-0.05, 0) is 37.5 Å². The monoisotopic (exact) mass is 406 g/mol. The van der Waals surface area contributed by atoms with E-state index in [0.29, 0.717) is 49.4 Å². The molecule has 0 saturated carbocycles. The second kappa shape index (κ2) is 10.4. The number of carbonyl (C=O) groups is 1. The number of nitrogens with one attached hydrogen (secondary N) is 2. The number of benzene rings is 2. The highest BCUT2D eigenvalue weighted by Gasteiger charge is 2.13. The van der Waals surface area contributed by atoms with Crippen LogP contribution < -0.4 is 16.6 Å². The molecule has 156 valence electrons. The Balaban J connectivity index is 1.62. The molecule has 3 rings (SSSR count). The van der Waals surface area contributed by atoms with Gasteiger partial charge in [-0.3, -0.25) is 14.6 Å². The molecule has 1 aromatic heterocycles. The molecule has 0 spiro atoms. The fourth-order valence-electron chi connectivity index (χ4n) is 3.17. The number of anilines is 1. The molecule has 0 aliphatic rings. The van der Waals surface area contributed by atoms with Gasteiger partial charge >= 0.3 is 0 Å². The highest BCUT2D eigenvalue weighted by molar-refractivity contribution is 5.94. The third-order valence-corrected chi connectivity index (χ3v) is 4.63. The first kappa shape index (κ1) is 21.3. The molecule has 0 atom stereocenters. The first-order valence-electron chi connectivity index (χ1n) is 9.97. The number of nitrogens with two attached hydrogens (primary N) is 1. The van der Waals surface area contributed by atoms with Gasteiger partial charge in [0.1, 0.15) is 0 Å². The quantitative estimate of drug-likeness (QED) is 0.473. The van der Waals surface area contributed by atoms with Crippen molar-refractivity contribution in [1.82, 2.24) is 15.3 Å². The van der Waals surface area contributed by atoms with Gasteiger partial charge in [0.2, 0.25) is 5.95 Å². The van der Waals surface area contributed by atoms with Gasteiger partial charge in [0.25, 0.3) is 11.5 Å². The van der Waals surface area contributed by atoms with Crippen LogP contribution in [0.25, 0.3) is 11.3 Å². The van der Waals surface area contributed by atoms with Crippen LogP contribution in [0.4, 0.5) is 5.95 Å². The number of amides is 1. The van der Waals surface area contributed by atoms with Crippen molar-refractivity contribution < 1.29 is 9.53 Å². The molecular formula is C23H26N4O3. The summed E-state index contributed by atoms with van der Waals surface area (Å²) < 4.78 is 5.39. The number of rotatable bonds is 9. The van der Waals surface area contributed by atoms with Crippen molar-refractivity contribution in [3.63, 3.8) is 0 Å². The third-order valence-electron chi connectivity index (χ3n) is 4.63. The largest absolute Gasteiger partial charge is 0.377 e. The SMILES string of the molecule is CCOCc1cccc(C(=O)NCCCc2c(-c3ccccc3)nc(N)[nH]c2=O)c1. The van der Waals surface area contributed by atoms with Crippen LogP contribution in [0, 0.1) is 0 Å². The van der Waals surface area contributed by atoms with E-state index in [0.717, 1.165) is 11.1 Å². The van der Waals surface area contributed by atoms with E-state index in [-0.39, 0.29) is 17.4 Å². The van der Waals surface area contributed by atoms with E-state index in [4.69, 9.17) is 10.5 Å². The molecule has 30 heavy (non-hydrogen) atoms. The van der Waals surface area contributed by atoms with Crippen LogP contribution in [0.15, 0.2) is 59.4 Å². The van der Waals surface area contributed by atoms with Crippen LogP contribution in [0.1, 0.15) is 34.8 Å². The van der Waals surface area contributed by atoms with Crippen molar-refractivity contribution in [3.05, 3.63) is 81.6 Å². The Bertz CT molecular complexity index is 1050. The van der Waals surface area contributed by atoms with Gasteiger partial charge in [0.05, 0.1) is 12.3 Å². The Morgan fingerprint density at radius 1 is 1.17 bits per heavy atom. The van der Waals surface area contributed by atoms with E-state index in [9.17, 15) is 9.59 Å². The van der Waals surface area contributed by atoms with E-state index >= 15 is 0 Å². The Hall–Kier alpha value is -3.45. The molecule has 1 amide bonds. The van der Waals surface area contributed by atoms with Crippen LogP contribution in [0.2, 0.25) is 0 Å². The van der Waals surface area contributed by atoms with Crippen molar-refractivity contribution in [1.29, 1.82) is 0 Å². The molecule has 0 fully saturated rings. The van der Waals surface area contributed by atoms with Crippen molar-refractivity contribution in [2.24, 2.45) is 0 Å². The molecule has 7 nitrogen and oxygen atoms in total. The average molecular weight is 406 g/mol. The molecule has 7 heteroatoms. The van der Waals surface area contributed by atoms with Gasteiger partial charge in [-0.25, -0.2) is 4.98 Å². The van der Waals surface area contributed by atoms with Gasteiger partial charge in [-0.15, -0.1) is 0 Å². The summed E-state index contributed by atoms with van der Waals surface area (Å²) >= 11 is 0. The van der Waals surface area contributed by atoms with E-state index in [1.54, 1.807) is 6.07 Å². The van der Waals surface area contributed by atoms with Gasteiger partial charge in [-0.2, -0.15) is 0 Å². The zero-order chi connectivity index (χ0) is 21.3. The van der Waals surface area contributed by atoms with Crippen LogP contribution >= 0.6 is 0 Å². The minimum absolute atomic E-state index is 0.0860. The Kier molecular flexibility index (Phi) is 7.34. The summed E-state index contributed by atoms with van der Waals surface area (Å²) in [4.78, 5) is 31.7. The normalized spacial score (nSPS) is 10.7. The predicted molar refractivity (Wildman–Crippen MR) is 117 cm³/mol. The lowest BCUT2D eigenvalue weighted by Crippen LogP contribution is -2.26. The number of ether oxygens (including phenoxy) is 1. The maximum absolute atomic E-state index is 12.4. The van der Waals surface area contributed by atoms with Gasteiger partial charge in [0, 0.05) is 29.8 Å². The van der Waals surface area contributed by atoms with Crippen LogP contribution in [0.5, 0.6) is 0 Å². The summed E-state index contributed by atoms with van der Waals surface area (Å²) in [6.07, 6.45) is 1.07. The van der Waals surface area contributed by atoms with Crippen LogP contribution in [-0.4, -0.2) is 29.0 Å². The minimum Gasteiger partial charge on any atom is -0.377 e. The number of hydrogen-bond donors (Lipinski definition) is 3. The highest BCUT2D eigenvalue weighted by Crippen LogP contribution is 2.20. The van der Waals surface area contributed by atoms with Crippen LogP contribution in [0.3, 0.4) is 0 Å². The predicted octanol–water partition coefficient (Wildman–Crippen LogP) is 2.92. The second-order valence-electron chi connectivity index (χ2n) is 6.84. The maximum atomic E-state index is 12.4. The average Bonchev–Trinajstić information content (AvgIpc) is 2.76. The van der Waals surface area contributed by atoms with Crippen molar-refractivity contribution >= 4 is 11.9 Å². The van der Waals surface area contributed by atoms with E-state index < -0.39 is 0 Å². The van der Waals surface area contributed by atoms with Gasteiger partial charge in [0.15, 0.2) is 0 Å². The molecule has 0 radical (unpaired) electrons. The first-order valence-corrected chi connectivity index (χ1v) is 9.97. The number of nitrogen functional groups attached to an aromatic ring is 1. The molecule has 0 aliphatic heterocycles. The Morgan fingerprint density at radius 3 is 2.73 bits per heavy atom. The lowest BCUT2D eigenvalue weighted by Gasteiger charge is -2.10.